The molecule has 0 saturated carbocycles. The van der Waals surface area contributed by atoms with Crippen LogP contribution in [0.5, 0.6) is 0 Å². The molecule has 1 heterocycles. The molecule has 1 atom stereocenters. The molecule has 0 spiro atoms. The molecule has 4 heteroatoms. The number of nitrogens with zero attached hydrogens (tertiary/aromatic N) is 1. The standard InChI is InChI=1S/C4H5FN2S/c5-3-1-6-2-7-4(3)8/h1,3H,2H2,(H,7,8). The Labute approximate surface area is 51.8 Å². The van der Waals surface area contributed by atoms with E-state index in [9.17, 15) is 4.39 Å². The van der Waals surface area contributed by atoms with Gasteiger partial charge in [-0.25, -0.2) is 4.39 Å². The van der Waals surface area contributed by atoms with Gasteiger partial charge in [-0.05, 0) is 0 Å². The molecule has 8 heavy (non-hydrogen) atoms. The summed E-state index contributed by atoms with van der Waals surface area (Å²) in [5.41, 5.74) is 0. The Kier molecular flexibility index (Phi) is 1.53. The third-order valence-corrected chi connectivity index (χ3v) is 1.20. The summed E-state index contributed by atoms with van der Waals surface area (Å²) in [7, 11) is 0. The lowest BCUT2D eigenvalue weighted by Crippen LogP contribution is -2.35. The van der Waals surface area contributed by atoms with Crippen molar-refractivity contribution in [3.8, 4) is 0 Å². The second kappa shape index (κ2) is 2.17. The molecule has 1 aliphatic rings. The summed E-state index contributed by atoms with van der Waals surface area (Å²) in [5.74, 6) is 0. The minimum atomic E-state index is -1.17. The van der Waals surface area contributed by atoms with Gasteiger partial charge in [0.1, 0.15) is 11.7 Å². The fourth-order valence-corrected chi connectivity index (χ4v) is 0.559. The Hall–Kier alpha value is -0.510. The minimum Gasteiger partial charge on any atom is -0.358 e. The second-order valence-corrected chi connectivity index (χ2v) is 1.87. The van der Waals surface area contributed by atoms with E-state index in [1.54, 1.807) is 0 Å². The maximum Gasteiger partial charge on any atom is 0.185 e. The SMILES string of the molecule is FC1C=NCNC1=S. The molecule has 0 saturated heterocycles. The summed E-state index contributed by atoms with van der Waals surface area (Å²) >= 11 is 4.55. The highest BCUT2D eigenvalue weighted by molar-refractivity contribution is 7.80. The van der Waals surface area contributed by atoms with Crippen LogP contribution in [0.25, 0.3) is 0 Å². The first kappa shape index (κ1) is 5.62. The predicted molar refractivity (Wildman–Crippen MR) is 34.0 cm³/mol. The molecule has 1 unspecified atom stereocenters. The van der Waals surface area contributed by atoms with Gasteiger partial charge < -0.3 is 5.32 Å². The number of nitrogens with one attached hydrogen (secondary N) is 1. The Morgan fingerprint density at radius 3 is 3.12 bits per heavy atom. The van der Waals surface area contributed by atoms with Crippen molar-refractivity contribution in [1.82, 2.24) is 5.32 Å². The molecular weight excluding hydrogens is 127 g/mol. The van der Waals surface area contributed by atoms with Crippen LogP contribution >= 0.6 is 12.2 Å². The number of thiocarbonyl (C=S) groups is 1. The van der Waals surface area contributed by atoms with Crippen LogP contribution in [0.4, 0.5) is 4.39 Å². The Morgan fingerprint density at radius 1 is 2.00 bits per heavy atom. The number of hydrogen-bond donors (Lipinski definition) is 1. The lowest BCUT2D eigenvalue weighted by atomic mass is 10.4. The van der Waals surface area contributed by atoms with Gasteiger partial charge in [0, 0.05) is 6.21 Å². The molecule has 0 amide bonds. The first-order valence-electron chi connectivity index (χ1n) is 2.22. The van der Waals surface area contributed by atoms with Gasteiger partial charge in [-0.15, -0.1) is 0 Å². The van der Waals surface area contributed by atoms with Crippen LogP contribution in [0.1, 0.15) is 0 Å². The highest BCUT2D eigenvalue weighted by Gasteiger charge is 2.11. The normalized spacial score (nSPS) is 27.6. The van der Waals surface area contributed by atoms with E-state index in [4.69, 9.17) is 0 Å². The van der Waals surface area contributed by atoms with Crippen molar-refractivity contribution in [3.63, 3.8) is 0 Å². The van der Waals surface area contributed by atoms with E-state index < -0.39 is 6.17 Å². The Balaban J connectivity index is 2.60. The molecule has 0 aromatic rings. The van der Waals surface area contributed by atoms with E-state index in [2.05, 4.69) is 22.5 Å². The second-order valence-electron chi connectivity index (χ2n) is 1.43. The summed E-state index contributed by atoms with van der Waals surface area (Å²) in [5, 5.41) is 2.59. The van der Waals surface area contributed by atoms with Crippen LogP contribution < -0.4 is 5.32 Å². The van der Waals surface area contributed by atoms with Crippen molar-refractivity contribution in [1.29, 1.82) is 0 Å². The molecule has 44 valence electrons. The van der Waals surface area contributed by atoms with E-state index in [1.165, 1.54) is 6.21 Å². The molecule has 0 aliphatic carbocycles. The monoisotopic (exact) mass is 132 g/mol. The van der Waals surface area contributed by atoms with Crippen LogP contribution in [0.2, 0.25) is 0 Å². The van der Waals surface area contributed by atoms with Gasteiger partial charge in [-0.2, -0.15) is 0 Å². The van der Waals surface area contributed by atoms with Crippen molar-refractivity contribution in [3.05, 3.63) is 0 Å². The Morgan fingerprint density at radius 2 is 2.75 bits per heavy atom. The smallest absolute Gasteiger partial charge is 0.185 e. The van der Waals surface area contributed by atoms with Crippen LogP contribution in [-0.4, -0.2) is 24.0 Å². The van der Waals surface area contributed by atoms with Crippen LogP contribution in [0.3, 0.4) is 0 Å². The highest BCUT2D eigenvalue weighted by atomic mass is 32.1. The molecule has 2 nitrogen and oxygen atoms in total. The fourth-order valence-electron chi connectivity index (χ4n) is 0.434. The lowest BCUT2D eigenvalue weighted by molar-refractivity contribution is 0.508. The molecule has 1 rings (SSSR count). The van der Waals surface area contributed by atoms with E-state index >= 15 is 0 Å². The zero-order valence-electron chi connectivity index (χ0n) is 4.10. The fraction of sp³-hybridized carbons (Fsp3) is 0.500. The summed E-state index contributed by atoms with van der Waals surface area (Å²) in [6.45, 7) is 0.416. The van der Waals surface area contributed by atoms with E-state index in [0.717, 1.165) is 0 Å². The zero-order valence-corrected chi connectivity index (χ0v) is 4.91. The molecule has 0 aromatic heterocycles. The lowest BCUT2D eigenvalue weighted by Gasteiger charge is -2.10. The van der Waals surface area contributed by atoms with Crippen molar-refractivity contribution < 1.29 is 4.39 Å². The largest absolute Gasteiger partial charge is 0.358 e. The van der Waals surface area contributed by atoms with Gasteiger partial charge in [-0.3, -0.25) is 4.99 Å². The molecule has 0 radical (unpaired) electrons. The Bertz CT molecular complexity index is 134. The van der Waals surface area contributed by atoms with Crippen LogP contribution in [-0.2, 0) is 0 Å². The number of halogens is 1. The van der Waals surface area contributed by atoms with Crippen molar-refractivity contribution >= 4 is 23.4 Å². The molecule has 0 fully saturated rings. The number of alkyl halides is 1. The van der Waals surface area contributed by atoms with E-state index in [-0.39, 0.29) is 4.99 Å². The first-order chi connectivity index (χ1) is 3.80. The first-order valence-corrected chi connectivity index (χ1v) is 2.63. The molecule has 0 bridgehead atoms. The summed E-state index contributed by atoms with van der Waals surface area (Å²) in [4.78, 5) is 3.85. The van der Waals surface area contributed by atoms with Crippen molar-refractivity contribution in [2.75, 3.05) is 6.67 Å². The summed E-state index contributed by atoms with van der Waals surface area (Å²) in [6.07, 6.45) is 0.0394. The number of hydrogen-bond acceptors (Lipinski definition) is 2. The van der Waals surface area contributed by atoms with Gasteiger partial charge in [-0.1, -0.05) is 12.2 Å². The molecular formula is C4H5FN2S. The average Bonchev–Trinajstić information content (AvgIpc) is 1.77. The third-order valence-electron chi connectivity index (χ3n) is 0.831. The van der Waals surface area contributed by atoms with Gasteiger partial charge in [0.2, 0.25) is 0 Å². The topological polar surface area (TPSA) is 24.4 Å². The zero-order chi connectivity index (χ0) is 5.98. The van der Waals surface area contributed by atoms with Crippen molar-refractivity contribution in [2.24, 2.45) is 4.99 Å². The van der Waals surface area contributed by atoms with Gasteiger partial charge in [0.25, 0.3) is 0 Å². The average molecular weight is 132 g/mol. The predicted octanol–water partition coefficient (Wildman–Crippen LogP) is 0.283. The summed E-state index contributed by atoms with van der Waals surface area (Å²) in [6, 6.07) is 0. The van der Waals surface area contributed by atoms with Gasteiger partial charge >= 0.3 is 0 Å². The van der Waals surface area contributed by atoms with Crippen LogP contribution in [0.15, 0.2) is 4.99 Å². The van der Waals surface area contributed by atoms with Gasteiger partial charge in [0.05, 0.1) is 0 Å². The maximum absolute atomic E-state index is 12.2. The summed E-state index contributed by atoms with van der Waals surface area (Å²) < 4.78 is 12.2. The van der Waals surface area contributed by atoms with E-state index in [1.807, 2.05) is 0 Å². The van der Waals surface area contributed by atoms with Gasteiger partial charge in [0.15, 0.2) is 6.17 Å². The third kappa shape index (κ3) is 1.01. The van der Waals surface area contributed by atoms with Crippen molar-refractivity contribution in [2.45, 2.75) is 6.17 Å². The quantitative estimate of drug-likeness (QED) is 0.479. The molecule has 1 N–H and O–H groups in total. The highest BCUT2D eigenvalue weighted by Crippen LogP contribution is 1.92. The molecule has 0 aromatic carbocycles. The minimum absolute atomic E-state index is 0.236. The number of aliphatic imine (C=N–C) groups is 1. The molecule has 1 aliphatic heterocycles. The van der Waals surface area contributed by atoms with E-state index in [0.29, 0.717) is 6.67 Å². The van der Waals surface area contributed by atoms with Crippen LogP contribution in [0, 0.1) is 0 Å². The maximum atomic E-state index is 12.2. The number of rotatable bonds is 0.